The predicted octanol–water partition coefficient (Wildman–Crippen LogP) is 2.08. The third-order valence-corrected chi connectivity index (χ3v) is 3.44. The van der Waals surface area contributed by atoms with E-state index in [0.717, 1.165) is 6.20 Å². The highest BCUT2D eigenvalue weighted by molar-refractivity contribution is 5.24. The number of nitrogens with zero attached hydrogens (tertiary/aromatic N) is 1. The summed E-state index contributed by atoms with van der Waals surface area (Å²) in [5, 5.41) is 10.2. The second-order valence-corrected chi connectivity index (χ2v) is 4.29. The van der Waals surface area contributed by atoms with Crippen molar-refractivity contribution in [1.29, 1.82) is 0 Å². The van der Waals surface area contributed by atoms with E-state index >= 15 is 0 Å². The molecule has 0 aliphatic heterocycles. The summed E-state index contributed by atoms with van der Waals surface area (Å²) in [6, 6.07) is 1.37. The van der Waals surface area contributed by atoms with Crippen molar-refractivity contribution in [3.8, 4) is 0 Å². The summed E-state index contributed by atoms with van der Waals surface area (Å²) in [5.41, 5.74) is -0.266. The standard InChI is InChI=1S/C11H14FNO/c1-7-4-11(14,8(7)2)9-3-10(12)6-13-5-9/h3,5-8,14H,4H2,1-2H3. The maximum absolute atomic E-state index is 12.9. The van der Waals surface area contributed by atoms with E-state index in [9.17, 15) is 9.50 Å². The zero-order chi connectivity index (χ0) is 10.3. The fourth-order valence-electron chi connectivity index (χ4n) is 2.19. The van der Waals surface area contributed by atoms with Crippen LogP contribution in [0.15, 0.2) is 18.5 Å². The monoisotopic (exact) mass is 195 g/mol. The number of rotatable bonds is 1. The van der Waals surface area contributed by atoms with Gasteiger partial charge in [0.05, 0.1) is 11.8 Å². The Labute approximate surface area is 82.8 Å². The molecule has 3 unspecified atom stereocenters. The van der Waals surface area contributed by atoms with Crippen LogP contribution in [0.3, 0.4) is 0 Å². The summed E-state index contributed by atoms with van der Waals surface area (Å²) in [5.74, 6) is 0.275. The second-order valence-electron chi connectivity index (χ2n) is 4.29. The molecule has 0 bridgehead atoms. The molecule has 0 amide bonds. The van der Waals surface area contributed by atoms with Crippen LogP contribution in [0.25, 0.3) is 0 Å². The van der Waals surface area contributed by atoms with E-state index in [1.165, 1.54) is 6.07 Å². The second kappa shape index (κ2) is 3.02. The first kappa shape index (κ1) is 9.59. The van der Waals surface area contributed by atoms with Gasteiger partial charge in [0.1, 0.15) is 5.82 Å². The predicted molar refractivity (Wildman–Crippen MR) is 51.0 cm³/mol. The summed E-state index contributed by atoms with van der Waals surface area (Å²) >= 11 is 0. The molecule has 3 heteroatoms. The number of hydrogen-bond acceptors (Lipinski definition) is 2. The minimum atomic E-state index is -0.867. The SMILES string of the molecule is CC1CC(O)(c2cncc(F)c2)C1C. The maximum Gasteiger partial charge on any atom is 0.141 e. The highest BCUT2D eigenvalue weighted by Crippen LogP contribution is 2.50. The summed E-state index contributed by atoms with van der Waals surface area (Å²) in [6.07, 6.45) is 3.39. The number of pyridine rings is 1. The summed E-state index contributed by atoms with van der Waals surface area (Å²) in [7, 11) is 0. The third-order valence-electron chi connectivity index (χ3n) is 3.44. The fraction of sp³-hybridized carbons (Fsp3) is 0.545. The lowest BCUT2D eigenvalue weighted by Gasteiger charge is -2.49. The lowest BCUT2D eigenvalue weighted by Crippen LogP contribution is -2.48. The number of aliphatic hydroxyl groups is 1. The van der Waals surface area contributed by atoms with Crippen LogP contribution in [0, 0.1) is 17.7 Å². The lowest BCUT2D eigenvalue weighted by atomic mass is 9.60. The van der Waals surface area contributed by atoms with E-state index in [4.69, 9.17) is 0 Å². The molecular weight excluding hydrogens is 181 g/mol. The molecule has 14 heavy (non-hydrogen) atoms. The van der Waals surface area contributed by atoms with Gasteiger partial charge in [0, 0.05) is 11.8 Å². The van der Waals surface area contributed by atoms with Gasteiger partial charge in [-0.2, -0.15) is 0 Å². The van der Waals surface area contributed by atoms with E-state index in [-0.39, 0.29) is 11.7 Å². The van der Waals surface area contributed by atoms with Gasteiger partial charge in [-0.15, -0.1) is 0 Å². The van der Waals surface area contributed by atoms with Crippen LogP contribution >= 0.6 is 0 Å². The molecule has 1 aliphatic rings. The summed E-state index contributed by atoms with van der Waals surface area (Å²) in [6.45, 7) is 4.07. The van der Waals surface area contributed by atoms with E-state index in [0.29, 0.717) is 17.9 Å². The fourth-order valence-corrected chi connectivity index (χ4v) is 2.19. The Hall–Kier alpha value is -0.960. The smallest absolute Gasteiger partial charge is 0.141 e. The molecule has 0 spiro atoms. The van der Waals surface area contributed by atoms with Gasteiger partial charge in [-0.25, -0.2) is 4.39 Å². The molecular formula is C11H14FNO. The number of aromatic nitrogens is 1. The van der Waals surface area contributed by atoms with Crippen molar-refractivity contribution in [1.82, 2.24) is 4.98 Å². The normalized spacial score (nSPS) is 36.6. The summed E-state index contributed by atoms with van der Waals surface area (Å²) in [4.78, 5) is 3.76. The van der Waals surface area contributed by atoms with Crippen LogP contribution in [0.2, 0.25) is 0 Å². The molecule has 1 aromatic rings. The van der Waals surface area contributed by atoms with Crippen molar-refractivity contribution in [2.45, 2.75) is 25.9 Å². The average Bonchev–Trinajstić information content (AvgIpc) is 2.17. The van der Waals surface area contributed by atoms with E-state index in [1.807, 2.05) is 6.92 Å². The molecule has 2 rings (SSSR count). The summed E-state index contributed by atoms with van der Waals surface area (Å²) < 4.78 is 12.9. The first-order valence-electron chi connectivity index (χ1n) is 4.87. The molecule has 2 nitrogen and oxygen atoms in total. The van der Waals surface area contributed by atoms with Crippen LogP contribution < -0.4 is 0 Å². The number of hydrogen-bond donors (Lipinski definition) is 1. The van der Waals surface area contributed by atoms with E-state index in [2.05, 4.69) is 11.9 Å². The van der Waals surface area contributed by atoms with Crippen molar-refractivity contribution in [2.24, 2.45) is 11.8 Å². The molecule has 1 N–H and O–H groups in total. The zero-order valence-corrected chi connectivity index (χ0v) is 8.37. The average molecular weight is 195 g/mol. The Bertz CT molecular complexity index is 355. The Morgan fingerprint density at radius 2 is 2.21 bits per heavy atom. The van der Waals surface area contributed by atoms with Gasteiger partial charge in [-0.3, -0.25) is 4.98 Å². The largest absolute Gasteiger partial charge is 0.385 e. The minimum absolute atomic E-state index is 0.172. The topological polar surface area (TPSA) is 33.1 Å². The van der Waals surface area contributed by atoms with Crippen molar-refractivity contribution < 1.29 is 9.50 Å². The molecule has 1 fully saturated rings. The Morgan fingerprint density at radius 3 is 2.71 bits per heavy atom. The molecule has 3 atom stereocenters. The first-order chi connectivity index (χ1) is 6.54. The molecule has 1 aromatic heterocycles. The van der Waals surface area contributed by atoms with Gasteiger partial charge < -0.3 is 5.11 Å². The van der Waals surface area contributed by atoms with Gasteiger partial charge in [0.25, 0.3) is 0 Å². The molecule has 1 heterocycles. The molecule has 1 aliphatic carbocycles. The van der Waals surface area contributed by atoms with Crippen LogP contribution in [-0.2, 0) is 5.60 Å². The zero-order valence-electron chi connectivity index (χ0n) is 8.37. The van der Waals surface area contributed by atoms with Gasteiger partial charge >= 0.3 is 0 Å². The van der Waals surface area contributed by atoms with E-state index in [1.54, 1.807) is 6.20 Å². The molecule has 0 aromatic carbocycles. The van der Waals surface area contributed by atoms with Gasteiger partial charge in [0.15, 0.2) is 0 Å². The third kappa shape index (κ3) is 1.23. The van der Waals surface area contributed by atoms with Crippen LogP contribution in [0.1, 0.15) is 25.8 Å². The number of halogens is 1. The van der Waals surface area contributed by atoms with Crippen molar-refractivity contribution in [2.75, 3.05) is 0 Å². The highest BCUT2D eigenvalue weighted by atomic mass is 19.1. The van der Waals surface area contributed by atoms with E-state index < -0.39 is 5.60 Å². The van der Waals surface area contributed by atoms with Gasteiger partial charge in [0.2, 0.25) is 0 Å². The lowest BCUT2D eigenvalue weighted by molar-refractivity contribution is -0.132. The molecule has 0 saturated heterocycles. The van der Waals surface area contributed by atoms with Gasteiger partial charge in [-0.1, -0.05) is 13.8 Å². The Morgan fingerprint density at radius 1 is 1.50 bits per heavy atom. The van der Waals surface area contributed by atoms with Crippen molar-refractivity contribution >= 4 is 0 Å². The minimum Gasteiger partial charge on any atom is -0.385 e. The molecule has 76 valence electrons. The quantitative estimate of drug-likeness (QED) is 0.744. The van der Waals surface area contributed by atoms with Crippen LogP contribution in [-0.4, -0.2) is 10.1 Å². The highest BCUT2D eigenvalue weighted by Gasteiger charge is 2.49. The maximum atomic E-state index is 12.9. The molecule has 0 radical (unpaired) electrons. The van der Waals surface area contributed by atoms with Crippen molar-refractivity contribution in [3.63, 3.8) is 0 Å². The Balaban J connectivity index is 2.32. The van der Waals surface area contributed by atoms with Crippen molar-refractivity contribution in [3.05, 3.63) is 29.8 Å². The van der Waals surface area contributed by atoms with Crippen LogP contribution in [0.4, 0.5) is 4.39 Å². The molecule has 1 saturated carbocycles. The first-order valence-corrected chi connectivity index (χ1v) is 4.87. The Kier molecular flexibility index (Phi) is 2.07. The van der Waals surface area contributed by atoms with Gasteiger partial charge in [-0.05, 0) is 24.3 Å². The van der Waals surface area contributed by atoms with Crippen LogP contribution in [0.5, 0.6) is 0 Å².